The normalized spacial score (nSPS) is 18.3. The monoisotopic (exact) mass is 272 g/mol. The first-order valence-electron chi connectivity index (χ1n) is 6.72. The van der Waals surface area contributed by atoms with Gasteiger partial charge in [-0.3, -0.25) is 0 Å². The summed E-state index contributed by atoms with van der Waals surface area (Å²) in [5, 5.41) is 14.0. The molecule has 2 aromatic rings. The van der Waals surface area contributed by atoms with Crippen molar-refractivity contribution in [3.05, 3.63) is 36.0 Å². The third kappa shape index (κ3) is 2.44. The van der Waals surface area contributed by atoms with Gasteiger partial charge in [0.2, 0.25) is 0 Å². The lowest BCUT2D eigenvalue weighted by Gasteiger charge is -2.13. The van der Waals surface area contributed by atoms with E-state index in [0.29, 0.717) is 23.3 Å². The minimum atomic E-state index is -0.924. The van der Waals surface area contributed by atoms with Gasteiger partial charge < -0.3 is 15.2 Å². The van der Waals surface area contributed by atoms with Crippen LogP contribution in [0.15, 0.2) is 30.5 Å². The van der Waals surface area contributed by atoms with Gasteiger partial charge in [-0.25, -0.2) is 9.78 Å². The van der Waals surface area contributed by atoms with E-state index in [-0.39, 0.29) is 6.10 Å². The molecule has 1 aliphatic rings. The lowest BCUT2D eigenvalue weighted by Crippen LogP contribution is -2.19. The van der Waals surface area contributed by atoms with Crippen molar-refractivity contribution in [1.82, 2.24) is 4.98 Å². The molecule has 1 atom stereocenters. The average molecular weight is 272 g/mol. The number of hydrogen-bond donors (Lipinski definition) is 2. The number of nitrogens with zero attached hydrogens (tertiary/aromatic N) is 1. The standard InChI is InChI=1S/C15H16N2O3/c18-15(19)13-5-1-4-12-11(13)6-7-16-14(12)17-9-10-3-2-8-20-10/h1,4-7,10H,2-3,8-9H2,(H,16,17)(H,18,19). The molecule has 1 unspecified atom stereocenters. The van der Waals surface area contributed by atoms with Crippen LogP contribution >= 0.6 is 0 Å². The fourth-order valence-corrected chi connectivity index (χ4v) is 2.55. The molecule has 20 heavy (non-hydrogen) atoms. The fourth-order valence-electron chi connectivity index (χ4n) is 2.55. The number of rotatable bonds is 4. The Kier molecular flexibility index (Phi) is 3.52. The lowest BCUT2D eigenvalue weighted by atomic mass is 10.1. The molecule has 0 bridgehead atoms. The summed E-state index contributed by atoms with van der Waals surface area (Å²) < 4.78 is 5.56. The number of hydrogen-bond acceptors (Lipinski definition) is 4. The van der Waals surface area contributed by atoms with Gasteiger partial charge in [-0.05, 0) is 25.0 Å². The summed E-state index contributed by atoms with van der Waals surface area (Å²) >= 11 is 0. The van der Waals surface area contributed by atoms with Crippen LogP contribution in [0.2, 0.25) is 0 Å². The molecule has 1 aliphatic heterocycles. The number of anilines is 1. The molecule has 3 rings (SSSR count). The van der Waals surface area contributed by atoms with Gasteiger partial charge in [0.25, 0.3) is 0 Å². The summed E-state index contributed by atoms with van der Waals surface area (Å²) in [5.41, 5.74) is 0.296. The number of carbonyl (C=O) groups is 1. The molecule has 104 valence electrons. The van der Waals surface area contributed by atoms with E-state index in [2.05, 4.69) is 10.3 Å². The van der Waals surface area contributed by atoms with E-state index >= 15 is 0 Å². The first-order valence-corrected chi connectivity index (χ1v) is 6.72. The van der Waals surface area contributed by atoms with Crippen LogP contribution in [0.5, 0.6) is 0 Å². The summed E-state index contributed by atoms with van der Waals surface area (Å²) in [7, 11) is 0. The Labute approximate surface area is 116 Å². The maximum atomic E-state index is 11.2. The van der Waals surface area contributed by atoms with Crippen molar-refractivity contribution < 1.29 is 14.6 Å². The zero-order valence-corrected chi connectivity index (χ0v) is 11.0. The molecule has 0 saturated carbocycles. The second-order valence-corrected chi connectivity index (χ2v) is 4.88. The molecule has 1 aromatic heterocycles. The van der Waals surface area contributed by atoms with Crippen LogP contribution in [-0.2, 0) is 4.74 Å². The molecular weight excluding hydrogens is 256 g/mol. The number of aromatic carboxylic acids is 1. The smallest absolute Gasteiger partial charge is 0.336 e. The average Bonchev–Trinajstić information content (AvgIpc) is 2.97. The molecule has 2 N–H and O–H groups in total. The number of nitrogens with one attached hydrogen (secondary N) is 1. The van der Waals surface area contributed by atoms with E-state index in [0.717, 1.165) is 24.8 Å². The highest BCUT2D eigenvalue weighted by molar-refractivity contribution is 6.06. The summed E-state index contributed by atoms with van der Waals surface area (Å²) in [6.45, 7) is 1.52. The van der Waals surface area contributed by atoms with Gasteiger partial charge in [0.05, 0.1) is 11.7 Å². The van der Waals surface area contributed by atoms with Crippen LogP contribution < -0.4 is 5.32 Å². The van der Waals surface area contributed by atoms with Crippen LogP contribution in [-0.4, -0.2) is 35.3 Å². The second kappa shape index (κ2) is 5.46. The molecule has 1 fully saturated rings. The molecule has 0 radical (unpaired) electrons. The molecule has 2 heterocycles. The Morgan fingerprint density at radius 2 is 2.30 bits per heavy atom. The second-order valence-electron chi connectivity index (χ2n) is 4.88. The number of fused-ring (bicyclic) bond motifs is 1. The first kappa shape index (κ1) is 12.9. The molecule has 0 amide bonds. The zero-order valence-electron chi connectivity index (χ0n) is 11.0. The Morgan fingerprint density at radius 3 is 3.05 bits per heavy atom. The molecular formula is C15H16N2O3. The summed E-state index contributed by atoms with van der Waals surface area (Å²) in [5.74, 6) is -0.215. The van der Waals surface area contributed by atoms with Crippen molar-refractivity contribution >= 4 is 22.6 Å². The highest BCUT2D eigenvalue weighted by atomic mass is 16.5. The highest BCUT2D eigenvalue weighted by Crippen LogP contribution is 2.24. The summed E-state index contributed by atoms with van der Waals surface area (Å²) in [4.78, 5) is 15.5. The minimum Gasteiger partial charge on any atom is -0.478 e. The van der Waals surface area contributed by atoms with Crippen LogP contribution in [0.4, 0.5) is 5.82 Å². The third-order valence-electron chi connectivity index (χ3n) is 3.56. The van der Waals surface area contributed by atoms with E-state index < -0.39 is 5.97 Å². The van der Waals surface area contributed by atoms with E-state index in [1.165, 1.54) is 0 Å². The van der Waals surface area contributed by atoms with E-state index in [1.807, 2.05) is 6.07 Å². The van der Waals surface area contributed by atoms with Gasteiger partial charge in [0.15, 0.2) is 0 Å². The van der Waals surface area contributed by atoms with Crippen molar-refractivity contribution in [1.29, 1.82) is 0 Å². The van der Waals surface area contributed by atoms with Gasteiger partial charge in [-0.2, -0.15) is 0 Å². The van der Waals surface area contributed by atoms with Gasteiger partial charge >= 0.3 is 5.97 Å². The van der Waals surface area contributed by atoms with Crippen molar-refractivity contribution in [3.63, 3.8) is 0 Å². The molecule has 5 nitrogen and oxygen atoms in total. The summed E-state index contributed by atoms with van der Waals surface area (Å²) in [6, 6.07) is 6.96. The molecule has 5 heteroatoms. The first-order chi connectivity index (χ1) is 9.75. The maximum Gasteiger partial charge on any atom is 0.336 e. The highest BCUT2D eigenvalue weighted by Gasteiger charge is 2.16. The largest absolute Gasteiger partial charge is 0.478 e. The van der Waals surface area contributed by atoms with Gasteiger partial charge in [-0.15, -0.1) is 0 Å². The van der Waals surface area contributed by atoms with Crippen molar-refractivity contribution in [3.8, 4) is 0 Å². The van der Waals surface area contributed by atoms with E-state index in [4.69, 9.17) is 4.74 Å². The molecule has 1 aromatic carbocycles. The van der Waals surface area contributed by atoms with Crippen molar-refractivity contribution in [2.75, 3.05) is 18.5 Å². The van der Waals surface area contributed by atoms with E-state index in [1.54, 1.807) is 24.4 Å². The third-order valence-corrected chi connectivity index (χ3v) is 3.56. The number of benzene rings is 1. The van der Waals surface area contributed by atoms with E-state index in [9.17, 15) is 9.90 Å². The molecule has 0 aliphatic carbocycles. The fraction of sp³-hybridized carbons (Fsp3) is 0.333. The Hall–Kier alpha value is -2.14. The predicted octanol–water partition coefficient (Wildman–Crippen LogP) is 2.52. The maximum absolute atomic E-state index is 11.2. The molecule has 0 spiro atoms. The van der Waals surface area contributed by atoms with Crippen molar-refractivity contribution in [2.45, 2.75) is 18.9 Å². The van der Waals surface area contributed by atoms with Crippen LogP contribution in [0.3, 0.4) is 0 Å². The predicted molar refractivity (Wildman–Crippen MR) is 76.2 cm³/mol. The van der Waals surface area contributed by atoms with Crippen LogP contribution in [0, 0.1) is 0 Å². The van der Waals surface area contributed by atoms with Gasteiger partial charge in [0.1, 0.15) is 5.82 Å². The lowest BCUT2D eigenvalue weighted by molar-refractivity contribution is 0.0699. The van der Waals surface area contributed by atoms with Crippen LogP contribution in [0.25, 0.3) is 10.8 Å². The SMILES string of the molecule is O=C(O)c1cccc2c(NCC3CCCO3)nccc12. The Balaban J connectivity index is 1.90. The topological polar surface area (TPSA) is 71.5 Å². The Morgan fingerprint density at radius 1 is 1.40 bits per heavy atom. The summed E-state index contributed by atoms with van der Waals surface area (Å²) in [6.07, 6.45) is 4.00. The number of aromatic nitrogens is 1. The van der Waals surface area contributed by atoms with Gasteiger partial charge in [-0.1, -0.05) is 12.1 Å². The van der Waals surface area contributed by atoms with Crippen LogP contribution in [0.1, 0.15) is 23.2 Å². The quantitative estimate of drug-likeness (QED) is 0.894. The zero-order chi connectivity index (χ0) is 13.9. The molecule has 1 saturated heterocycles. The number of carboxylic acid groups (broad SMARTS) is 1. The van der Waals surface area contributed by atoms with Gasteiger partial charge in [0, 0.05) is 30.1 Å². The number of ether oxygens (including phenoxy) is 1. The number of pyridine rings is 1. The van der Waals surface area contributed by atoms with Crippen molar-refractivity contribution in [2.24, 2.45) is 0 Å². The minimum absolute atomic E-state index is 0.217. The Bertz CT molecular complexity index is 636. The number of carboxylic acids is 1.